The van der Waals surface area contributed by atoms with Gasteiger partial charge >= 0.3 is 0 Å². The molecule has 5 nitrogen and oxygen atoms in total. The fourth-order valence-electron chi connectivity index (χ4n) is 2.94. The molecule has 2 aliphatic rings. The van der Waals surface area contributed by atoms with Crippen molar-refractivity contribution in [3.8, 4) is 0 Å². The molecule has 5 heteroatoms. The van der Waals surface area contributed by atoms with E-state index >= 15 is 0 Å². The Bertz CT molecular complexity index is 329. The lowest BCUT2D eigenvalue weighted by atomic mass is 9.96. The van der Waals surface area contributed by atoms with E-state index in [2.05, 4.69) is 10.6 Å². The van der Waals surface area contributed by atoms with Crippen LogP contribution in [0.1, 0.15) is 39.5 Å². The fraction of sp³-hybridized carbons (Fsp3) is 0.846. The molecule has 2 N–H and O–H groups in total. The molecule has 102 valence electrons. The van der Waals surface area contributed by atoms with Gasteiger partial charge in [-0.1, -0.05) is 0 Å². The van der Waals surface area contributed by atoms with Crippen LogP contribution in [0.25, 0.3) is 0 Å². The Labute approximate surface area is 108 Å². The quantitative estimate of drug-likeness (QED) is 0.742. The van der Waals surface area contributed by atoms with Crippen LogP contribution in [-0.4, -0.2) is 47.9 Å². The van der Waals surface area contributed by atoms with Gasteiger partial charge in [-0.25, -0.2) is 0 Å². The van der Waals surface area contributed by atoms with E-state index in [1.165, 1.54) is 0 Å². The molecule has 0 saturated carbocycles. The van der Waals surface area contributed by atoms with Crippen LogP contribution in [0.2, 0.25) is 0 Å². The molecule has 2 fully saturated rings. The topological polar surface area (TPSA) is 61.4 Å². The molecule has 1 atom stereocenters. The van der Waals surface area contributed by atoms with Crippen molar-refractivity contribution in [3.05, 3.63) is 0 Å². The highest BCUT2D eigenvalue weighted by atomic mass is 16.2. The summed E-state index contributed by atoms with van der Waals surface area (Å²) in [6.45, 7) is 5.98. The van der Waals surface area contributed by atoms with Gasteiger partial charge in [-0.2, -0.15) is 0 Å². The Kier molecular flexibility index (Phi) is 3.90. The van der Waals surface area contributed by atoms with Gasteiger partial charge in [0, 0.05) is 26.1 Å². The maximum Gasteiger partial charge on any atom is 0.242 e. The minimum absolute atomic E-state index is 0.0178. The summed E-state index contributed by atoms with van der Waals surface area (Å²) in [5.74, 6) is 0.241. The number of hydrogen-bond acceptors (Lipinski definition) is 3. The maximum atomic E-state index is 12.4. The fourth-order valence-corrected chi connectivity index (χ4v) is 2.94. The van der Waals surface area contributed by atoms with Crippen LogP contribution < -0.4 is 10.6 Å². The average Bonchev–Trinajstić information content (AvgIpc) is 2.77. The normalized spacial score (nSPS) is 29.3. The van der Waals surface area contributed by atoms with Crippen molar-refractivity contribution >= 4 is 11.8 Å². The monoisotopic (exact) mass is 253 g/mol. The number of nitrogens with one attached hydrogen (secondary N) is 2. The number of hydrogen-bond donors (Lipinski definition) is 2. The standard InChI is InChI=1S/C13H23N3O2/c1-10(17)15-11-4-8-16(9-5-11)12(18)13(2)6-3-7-14-13/h11,14H,3-9H2,1-2H3,(H,15,17). The van der Waals surface area contributed by atoms with Crippen molar-refractivity contribution < 1.29 is 9.59 Å². The third kappa shape index (κ3) is 2.83. The number of rotatable bonds is 2. The van der Waals surface area contributed by atoms with Gasteiger partial charge in [-0.3, -0.25) is 9.59 Å². The number of nitrogens with zero attached hydrogens (tertiary/aromatic N) is 1. The molecule has 2 aliphatic heterocycles. The molecule has 0 spiro atoms. The van der Waals surface area contributed by atoms with E-state index in [1.54, 1.807) is 6.92 Å². The van der Waals surface area contributed by atoms with Crippen molar-refractivity contribution in [1.29, 1.82) is 0 Å². The molecular formula is C13H23N3O2. The van der Waals surface area contributed by atoms with E-state index in [0.29, 0.717) is 0 Å². The summed E-state index contributed by atoms with van der Waals surface area (Å²) in [6, 6.07) is 0.232. The Morgan fingerprint density at radius 2 is 2.00 bits per heavy atom. The summed E-state index contributed by atoms with van der Waals surface area (Å²) in [6.07, 6.45) is 3.73. The van der Waals surface area contributed by atoms with E-state index in [9.17, 15) is 9.59 Å². The molecule has 2 heterocycles. The third-order valence-electron chi connectivity index (χ3n) is 4.03. The zero-order valence-electron chi connectivity index (χ0n) is 11.3. The first-order valence-electron chi connectivity index (χ1n) is 6.83. The van der Waals surface area contributed by atoms with Gasteiger partial charge in [-0.15, -0.1) is 0 Å². The van der Waals surface area contributed by atoms with Crippen molar-refractivity contribution in [3.63, 3.8) is 0 Å². The number of carbonyl (C=O) groups is 2. The molecule has 0 bridgehead atoms. The lowest BCUT2D eigenvalue weighted by Crippen LogP contribution is -2.56. The van der Waals surface area contributed by atoms with Crippen LogP contribution in [0, 0.1) is 0 Å². The molecule has 0 radical (unpaired) electrons. The molecule has 0 aromatic carbocycles. The van der Waals surface area contributed by atoms with Gasteiger partial charge in [0.15, 0.2) is 0 Å². The lowest BCUT2D eigenvalue weighted by molar-refractivity contribution is -0.138. The van der Waals surface area contributed by atoms with Gasteiger partial charge in [-0.05, 0) is 39.2 Å². The number of amides is 2. The molecule has 18 heavy (non-hydrogen) atoms. The molecule has 2 saturated heterocycles. The predicted octanol–water partition coefficient (Wildman–Crippen LogP) is 0.256. The first kappa shape index (κ1) is 13.3. The first-order chi connectivity index (χ1) is 8.51. The first-order valence-corrected chi connectivity index (χ1v) is 6.83. The third-order valence-corrected chi connectivity index (χ3v) is 4.03. The van der Waals surface area contributed by atoms with Gasteiger partial charge in [0.2, 0.25) is 11.8 Å². The summed E-state index contributed by atoms with van der Waals surface area (Å²) >= 11 is 0. The van der Waals surface area contributed by atoms with E-state index in [4.69, 9.17) is 0 Å². The minimum atomic E-state index is -0.360. The zero-order valence-corrected chi connectivity index (χ0v) is 11.3. The molecule has 0 aliphatic carbocycles. The van der Waals surface area contributed by atoms with Crippen LogP contribution in [0.15, 0.2) is 0 Å². The molecular weight excluding hydrogens is 230 g/mol. The molecule has 1 unspecified atom stereocenters. The molecule has 0 aromatic rings. The van der Waals surface area contributed by atoms with Crippen molar-refractivity contribution in [2.75, 3.05) is 19.6 Å². The second-order valence-electron chi connectivity index (χ2n) is 5.63. The smallest absolute Gasteiger partial charge is 0.242 e. The minimum Gasteiger partial charge on any atom is -0.353 e. The Hall–Kier alpha value is -1.10. The number of piperidine rings is 1. The second kappa shape index (κ2) is 5.26. The van der Waals surface area contributed by atoms with E-state index in [1.807, 2.05) is 11.8 Å². The lowest BCUT2D eigenvalue weighted by Gasteiger charge is -2.37. The number of carbonyl (C=O) groups excluding carboxylic acids is 2. The highest BCUT2D eigenvalue weighted by Gasteiger charge is 2.39. The molecule has 2 amide bonds. The Morgan fingerprint density at radius 1 is 1.33 bits per heavy atom. The van der Waals surface area contributed by atoms with Crippen molar-refractivity contribution in [2.24, 2.45) is 0 Å². The van der Waals surface area contributed by atoms with Crippen molar-refractivity contribution in [1.82, 2.24) is 15.5 Å². The summed E-state index contributed by atoms with van der Waals surface area (Å²) in [7, 11) is 0. The average molecular weight is 253 g/mol. The van der Waals surface area contributed by atoms with E-state index < -0.39 is 0 Å². The largest absolute Gasteiger partial charge is 0.353 e. The van der Waals surface area contributed by atoms with E-state index in [0.717, 1.165) is 45.3 Å². The van der Waals surface area contributed by atoms with E-state index in [-0.39, 0.29) is 23.4 Å². The molecule has 0 aromatic heterocycles. The van der Waals surface area contributed by atoms with Crippen LogP contribution in [0.4, 0.5) is 0 Å². The van der Waals surface area contributed by atoms with Crippen LogP contribution >= 0.6 is 0 Å². The van der Waals surface area contributed by atoms with Gasteiger partial charge in [0.1, 0.15) is 0 Å². The van der Waals surface area contributed by atoms with Gasteiger partial charge < -0.3 is 15.5 Å². The number of likely N-dealkylation sites (tertiary alicyclic amines) is 1. The predicted molar refractivity (Wildman–Crippen MR) is 69.1 cm³/mol. The van der Waals surface area contributed by atoms with Gasteiger partial charge in [0.25, 0.3) is 0 Å². The highest BCUT2D eigenvalue weighted by Crippen LogP contribution is 2.23. The van der Waals surface area contributed by atoms with Gasteiger partial charge in [0.05, 0.1) is 5.54 Å². The zero-order chi connectivity index (χ0) is 13.2. The SMILES string of the molecule is CC(=O)NC1CCN(C(=O)C2(C)CCCN2)CC1. The second-order valence-corrected chi connectivity index (χ2v) is 5.63. The molecule has 2 rings (SSSR count). The Balaban J connectivity index is 1.86. The van der Waals surface area contributed by atoms with Crippen molar-refractivity contribution in [2.45, 2.75) is 51.1 Å². The maximum absolute atomic E-state index is 12.4. The summed E-state index contributed by atoms with van der Waals surface area (Å²) in [5.41, 5.74) is -0.360. The van der Waals surface area contributed by atoms with Crippen LogP contribution in [0.5, 0.6) is 0 Å². The van der Waals surface area contributed by atoms with Crippen LogP contribution in [-0.2, 0) is 9.59 Å². The summed E-state index contributed by atoms with van der Waals surface area (Å²) in [4.78, 5) is 25.4. The summed E-state index contributed by atoms with van der Waals surface area (Å²) < 4.78 is 0. The summed E-state index contributed by atoms with van der Waals surface area (Å²) in [5, 5.41) is 6.24. The van der Waals surface area contributed by atoms with Crippen LogP contribution in [0.3, 0.4) is 0 Å². The highest BCUT2D eigenvalue weighted by molar-refractivity contribution is 5.86. The Morgan fingerprint density at radius 3 is 2.50 bits per heavy atom.